The molecule has 1 aliphatic rings. The molecule has 0 saturated carbocycles. The van der Waals surface area contributed by atoms with Crippen molar-refractivity contribution in [2.45, 2.75) is 58.6 Å². The zero-order valence-corrected chi connectivity index (χ0v) is 19.4. The van der Waals surface area contributed by atoms with Crippen LogP contribution in [0.3, 0.4) is 0 Å². The molecule has 0 bridgehead atoms. The highest BCUT2D eigenvalue weighted by Gasteiger charge is 2.23. The number of aliphatic hydroxyl groups excluding tert-OH is 1. The van der Waals surface area contributed by atoms with Crippen LogP contribution >= 0.6 is 11.3 Å². The number of methoxy groups -OCH3 is 1. The molecular formula is C22H33N3O5S. The Morgan fingerprint density at radius 2 is 2.26 bits per heavy atom. The van der Waals surface area contributed by atoms with E-state index in [0.29, 0.717) is 44.3 Å². The summed E-state index contributed by atoms with van der Waals surface area (Å²) in [4.78, 5) is 36.1. The second-order valence-electron chi connectivity index (χ2n) is 8.36. The number of rotatable bonds is 11. The molecule has 1 aliphatic carbocycles. The van der Waals surface area contributed by atoms with E-state index in [0.717, 1.165) is 29.5 Å². The van der Waals surface area contributed by atoms with Crippen molar-refractivity contribution in [3.63, 3.8) is 0 Å². The van der Waals surface area contributed by atoms with Crippen molar-refractivity contribution in [1.82, 2.24) is 14.9 Å². The molecule has 172 valence electrons. The number of thiophene rings is 1. The van der Waals surface area contributed by atoms with Crippen molar-refractivity contribution < 1.29 is 19.4 Å². The number of hydrogen-bond donors (Lipinski definition) is 2. The number of esters is 1. The van der Waals surface area contributed by atoms with Crippen molar-refractivity contribution >= 4 is 27.5 Å². The minimum atomic E-state index is -0.830. The van der Waals surface area contributed by atoms with Gasteiger partial charge in [0.05, 0.1) is 18.5 Å². The van der Waals surface area contributed by atoms with Gasteiger partial charge in [0, 0.05) is 31.5 Å². The topological polar surface area (TPSA) is 105 Å². The Kier molecular flexibility index (Phi) is 8.59. The average Bonchev–Trinajstić information content (AvgIpc) is 3.08. The summed E-state index contributed by atoms with van der Waals surface area (Å²) in [6.07, 6.45) is 3.27. The lowest BCUT2D eigenvalue weighted by atomic mass is 9.89. The van der Waals surface area contributed by atoms with Crippen molar-refractivity contribution in [1.29, 1.82) is 0 Å². The molecule has 2 N–H and O–H groups in total. The van der Waals surface area contributed by atoms with Gasteiger partial charge in [-0.25, -0.2) is 4.98 Å². The third-order valence-electron chi connectivity index (χ3n) is 5.56. The van der Waals surface area contributed by atoms with Crippen LogP contribution in [-0.2, 0) is 33.7 Å². The van der Waals surface area contributed by atoms with Gasteiger partial charge in [-0.1, -0.05) is 13.8 Å². The predicted molar refractivity (Wildman–Crippen MR) is 120 cm³/mol. The largest absolute Gasteiger partial charge is 0.463 e. The molecule has 0 saturated heterocycles. The third-order valence-corrected chi connectivity index (χ3v) is 6.71. The fraction of sp³-hybridized carbons (Fsp3) is 0.682. The van der Waals surface area contributed by atoms with Crippen molar-refractivity contribution in [3.8, 4) is 0 Å². The monoisotopic (exact) mass is 451 g/mol. The van der Waals surface area contributed by atoms with Gasteiger partial charge in [-0.05, 0) is 37.2 Å². The molecule has 0 radical (unpaired) electrons. The van der Waals surface area contributed by atoms with E-state index < -0.39 is 6.10 Å². The highest BCUT2D eigenvalue weighted by atomic mass is 32.1. The summed E-state index contributed by atoms with van der Waals surface area (Å²) < 4.78 is 10.3. The van der Waals surface area contributed by atoms with Crippen LogP contribution in [0.5, 0.6) is 0 Å². The molecule has 2 aromatic heterocycles. The SMILES string of the molecule is CCCC(=O)OCC(O)CN(CCOC)Cc1nc2sc3c(c2c(=O)[nH]1)CCC(C)C3. The standard InChI is InChI=1S/C22H33N3O5S/c1-4-5-19(27)30-13-15(26)11-25(8-9-29-3)12-18-23-21(28)20-16-7-6-14(2)10-17(16)31-22(20)24-18/h14-15,26H,4-13H2,1-3H3,(H,23,24,28). The summed E-state index contributed by atoms with van der Waals surface area (Å²) in [6, 6.07) is 0. The predicted octanol–water partition coefficient (Wildman–Crippen LogP) is 2.26. The van der Waals surface area contributed by atoms with E-state index in [2.05, 4.69) is 11.9 Å². The summed E-state index contributed by atoms with van der Waals surface area (Å²) >= 11 is 1.63. The molecule has 2 unspecified atom stereocenters. The number of carbonyl (C=O) groups is 1. The molecule has 3 rings (SSSR count). The molecule has 0 amide bonds. The van der Waals surface area contributed by atoms with Gasteiger partial charge in [-0.15, -0.1) is 11.3 Å². The van der Waals surface area contributed by atoms with Gasteiger partial charge in [0.15, 0.2) is 0 Å². The van der Waals surface area contributed by atoms with Gasteiger partial charge in [-0.3, -0.25) is 14.5 Å². The number of nitrogens with one attached hydrogen (secondary N) is 1. The summed E-state index contributed by atoms with van der Waals surface area (Å²) in [5.74, 6) is 0.893. The van der Waals surface area contributed by atoms with Gasteiger partial charge >= 0.3 is 5.97 Å². The van der Waals surface area contributed by atoms with E-state index in [4.69, 9.17) is 14.5 Å². The van der Waals surface area contributed by atoms with Gasteiger partial charge < -0.3 is 19.6 Å². The third kappa shape index (κ3) is 6.35. The molecule has 0 spiro atoms. The Labute approximate surface area is 186 Å². The molecule has 2 atom stereocenters. The molecular weight excluding hydrogens is 418 g/mol. The zero-order valence-electron chi connectivity index (χ0n) is 18.6. The summed E-state index contributed by atoms with van der Waals surface area (Å²) in [6.45, 7) is 5.77. The van der Waals surface area contributed by atoms with Crippen LogP contribution in [0, 0.1) is 5.92 Å². The maximum atomic E-state index is 12.8. The van der Waals surface area contributed by atoms with Crippen molar-refractivity contribution in [3.05, 3.63) is 26.6 Å². The number of fused-ring (bicyclic) bond motifs is 3. The van der Waals surface area contributed by atoms with Crippen LogP contribution in [0.25, 0.3) is 10.2 Å². The lowest BCUT2D eigenvalue weighted by molar-refractivity contribution is -0.147. The number of hydrogen-bond acceptors (Lipinski definition) is 8. The zero-order chi connectivity index (χ0) is 22.4. The Bertz CT molecular complexity index is 941. The van der Waals surface area contributed by atoms with Crippen LogP contribution in [0.15, 0.2) is 4.79 Å². The Hall–Kier alpha value is -1.81. The molecule has 0 aromatic carbocycles. The Morgan fingerprint density at radius 3 is 3.00 bits per heavy atom. The summed E-state index contributed by atoms with van der Waals surface area (Å²) in [7, 11) is 1.62. The number of aryl methyl sites for hydroxylation is 1. The number of ether oxygens (including phenoxy) is 2. The number of aromatic amines is 1. The normalized spacial score (nSPS) is 17.1. The lowest BCUT2D eigenvalue weighted by Gasteiger charge is -2.24. The Balaban J connectivity index is 1.71. The fourth-order valence-electron chi connectivity index (χ4n) is 3.95. The highest BCUT2D eigenvalue weighted by Crippen LogP contribution is 2.35. The van der Waals surface area contributed by atoms with Crippen LogP contribution in [-0.4, -0.2) is 65.5 Å². The second-order valence-corrected chi connectivity index (χ2v) is 9.44. The molecule has 31 heavy (non-hydrogen) atoms. The first-order valence-electron chi connectivity index (χ1n) is 11.0. The van der Waals surface area contributed by atoms with Crippen molar-refractivity contribution in [2.75, 3.05) is 33.4 Å². The smallest absolute Gasteiger partial charge is 0.305 e. The van der Waals surface area contributed by atoms with Crippen LogP contribution in [0.4, 0.5) is 0 Å². The van der Waals surface area contributed by atoms with Crippen LogP contribution in [0.1, 0.15) is 49.4 Å². The first-order valence-corrected chi connectivity index (χ1v) is 11.8. The van der Waals surface area contributed by atoms with Gasteiger partial charge in [0.1, 0.15) is 23.4 Å². The number of aliphatic hydroxyl groups is 1. The maximum absolute atomic E-state index is 12.8. The minimum absolute atomic E-state index is 0.0544. The first kappa shape index (κ1) is 23.8. The Morgan fingerprint density at radius 1 is 1.45 bits per heavy atom. The molecule has 8 nitrogen and oxygen atoms in total. The first-order chi connectivity index (χ1) is 14.9. The van der Waals surface area contributed by atoms with Gasteiger partial charge in [-0.2, -0.15) is 0 Å². The molecule has 0 fully saturated rings. The summed E-state index contributed by atoms with van der Waals surface area (Å²) in [5, 5.41) is 11.1. The van der Waals surface area contributed by atoms with E-state index in [1.54, 1.807) is 18.4 Å². The number of H-pyrrole nitrogens is 1. The number of nitrogens with zero attached hydrogens (tertiary/aromatic N) is 2. The molecule has 2 heterocycles. The molecule has 9 heteroatoms. The quantitative estimate of drug-likeness (QED) is 0.505. The van der Waals surface area contributed by atoms with Gasteiger partial charge in [0.25, 0.3) is 5.56 Å². The van der Waals surface area contributed by atoms with E-state index in [1.165, 1.54) is 10.4 Å². The van der Waals surface area contributed by atoms with Crippen LogP contribution < -0.4 is 5.56 Å². The molecule has 0 aliphatic heterocycles. The van der Waals surface area contributed by atoms with E-state index in [-0.39, 0.29) is 24.7 Å². The van der Waals surface area contributed by atoms with Crippen molar-refractivity contribution in [2.24, 2.45) is 5.92 Å². The van der Waals surface area contributed by atoms with E-state index in [1.807, 2.05) is 11.8 Å². The highest BCUT2D eigenvalue weighted by molar-refractivity contribution is 7.18. The van der Waals surface area contributed by atoms with Gasteiger partial charge in [0.2, 0.25) is 0 Å². The second kappa shape index (κ2) is 11.2. The maximum Gasteiger partial charge on any atom is 0.305 e. The van der Waals surface area contributed by atoms with Crippen LogP contribution in [0.2, 0.25) is 0 Å². The number of carbonyl (C=O) groups excluding carboxylic acids is 1. The minimum Gasteiger partial charge on any atom is -0.463 e. The summed E-state index contributed by atoms with van der Waals surface area (Å²) in [5.41, 5.74) is 1.08. The number of aromatic nitrogens is 2. The van der Waals surface area contributed by atoms with E-state index >= 15 is 0 Å². The average molecular weight is 452 g/mol. The van der Waals surface area contributed by atoms with E-state index in [9.17, 15) is 14.7 Å². The molecule has 2 aromatic rings. The lowest BCUT2D eigenvalue weighted by Crippen LogP contribution is -2.37. The fourth-order valence-corrected chi connectivity index (χ4v) is 5.35.